The Labute approximate surface area is 157 Å². The molecule has 5 heterocycles. The maximum atomic E-state index is 5.24. The maximum Gasteiger partial charge on any atom is 0.231 e. The van der Waals surface area contributed by atoms with Gasteiger partial charge in [-0.2, -0.15) is 4.52 Å². The average molecular weight is 368 g/mol. The largest absolute Gasteiger partial charge is 0.480 e. The molecule has 5 rings (SSSR count). The predicted molar refractivity (Wildman–Crippen MR) is 97.5 cm³/mol. The summed E-state index contributed by atoms with van der Waals surface area (Å²) < 4.78 is 9.39. The van der Waals surface area contributed by atoms with Crippen LogP contribution in [0.5, 0.6) is 5.88 Å². The van der Waals surface area contributed by atoms with Crippen molar-refractivity contribution in [3.63, 3.8) is 0 Å². The number of fused-ring (bicyclic) bond motifs is 2. The molecule has 0 unspecified atom stereocenters. The summed E-state index contributed by atoms with van der Waals surface area (Å²) in [4.78, 5) is 2.47. The molecule has 27 heavy (non-hydrogen) atoms. The molecule has 142 valence electrons. The van der Waals surface area contributed by atoms with Crippen LogP contribution < -0.4 is 4.74 Å². The minimum atomic E-state index is 0.364. The van der Waals surface area contributed by atoms with E-state index in [0.29, 0.717) is 11.8 Å². The Kier molecular flexibility index (Phi) is 4.23. The van der Waals surface area contributed by atoms with Gasteiger partial charge in [-0.15, -0.1) is 25.5 Å². The van der Waals surface area contributed by atoms with E-state index in [2.05, 4.69) is 35.0 Å². The highest BCUT2D eigenvalue weighted by Gasteiger charge is 2.26. The standard InChI is InChI=1S/C18H24N8O/c1-27-17-6-5-15-20-22-18(26(15)23-17)13-7-10-24(11-8-13)12-16-21-19-14-4-2-3-9-25(14)16/h5-6,13H,2-4,7-12H2,1H3. The average Bonchev–Trinajstić information content (AvgIpc) is 3.32. The molecule has 1 fully saturated rings. The lowest BCUT2D eigenvalue weighted by molar-refractivity contribution is 0.193. The normalized spacial score (nSPS) is 18.7. The Hall–Kier alpha value is -2.55. The van der Waals surface area contributed by atoms with E-state index in [4.69, 9.17) is 4.74 Å². The van der Waals surface area contributed by atoms with Crippen LogP contribution in [0, 0.1) is 0 Å². The number of hydrogen-bond acceptors (Lipinski definition) is 7. The lowest BCUT2D eigenvalue weighted by Gasteiger charge is -2.30. The van der Waals surface area contributed by atoms with Gasteiger partial charge in [-0.25, -0.2) is 0 Å². The molecule has 0 bridgehead atoms. The summed E-state index contributed by atoms with van der Waals surface area (Å²) >= 11 is 0. The first-order valence-corrected chi connectivity index (χ1v) is 9.71. The second-order valence-corrected chi connectivity index (χ2v) is 7.40. The monoisotopic (exact) mass is 368 g/mol. The Morgan fingerprint density at radius 3 is 2.78 bits per heavy atom. The Morgan fingerprint density at radius 1 is 1.04 bits per heavy atom. The molecule has 0 spiro atoms. The van der Waals surface area contributed by atoms with Crippen LogP contribution >= 0.6 is 0 Å². The maximum absolute atomic E-state index is 5.24. The first-order valence-electron chi connectivity index (χ1n) is 9.71. The van der Waals surface area contributed by atoms with Crippen molar-refractivity contribution in [2.75, 3.05) is 20.2 Å². The summed E-state index contributed by atoms with van der Waals surface area (Å²) in [6.07, 6.45) is 5.61. The third-order valence-electron chi connectivity index (χ3n) is 5.73. The quantitative estimate of drug-likeness (QED) is 0.689. The zero-order chi connectivity index (χ0) is 18.2. The lowest BCUT2D eigenvalue weighted by Crippen LogP contribution is -2.34. The van der Waals surface area contributed by atoms with E-state index in [1.54, 1.807) is 7.11 Å². The van der Waals surface area contributed by atoms with E-state index in [-0.39, 0.29) is 0 Å². The molecule has 9 nitrogen and oxygen atoms in total. The second kappa shape index (κ2) is 6.88. The minimum Gasteiger partial charge on any atom is -0.480 e. The van der Waals surface area contributed by atoms with E-state index >= 15 is 0 Å². The molecule has 0 aliphatic carbocycles. The highest BCUT2D eigenvalue weighted by Crippen LogP contribution is 2.28. The number of nitrogens with zero attached hydrogens (tertiary/aromatic N) is 8. The Balaban J connectivity index is 1.27. The van der Waals surface area contributed by atoms with E-state index in [1.807, 2.05) is 16.6 Å². The van der Waals surface area contributed by atoms with Crippen LogP contribution in [-0.4, -0.2) is 59.7 Å². The zero-order valence-corrected chi connectivity index (χ0v) is 15.6. The molecule has 0 aromatic carbocycles. The van der Waals surface area contributed by atoms with Crippen molar-refractivity contribution >= 4 is 5.65 Å². The number of likely N-dealkylation sites (tertiary alicyclic amines) is 1. The minimum absolute atomic E-state index is 0.364. The fourth-order valence-electron chi connectivity index (χ4n) is 4.19. The number of ether oxygens (including phenoxy) is 1. The molecule has 0 radical (unpaired) electrons. The number of piperidine rings is 1. The van der Waals surface area contributed by atoms with Crippen molar-refractivity contribution in [1.82, 2.24) is 39.5 Å². The van der Waals surface area contributed by atoms with E-state index in [9.17, 15) is 0 Å². The van der Waals surface area contributed by atoms with Crippen LogP contribution in [0.25, 0.3) is 5.65 Å². The molecule has 0 amide bonds. The molecule has 9 heteroatoms. The molecular weight excluding hydrogens is 344 g/mol. The van der Waals surface area contributed by atoms with Gasteiger partial charge >= 0.3 is 0 Å². The molecule has 2 aliphatic heterocycles. The first kappa shape index (κ1) is 16.6. The van der Waals surface area contributed by atoms with Crippen molar-refractivity contribution in [3.05, 3.63) is 29.6 Å². The van der Waals surface area contributed by atoms with Gasteiger partial charge in [0.05, 0.1) is 13.7 Å². The van der Waals surface area contributed by atoms with Gasteiger partial charge in [0, 0.05) is 24.9 Å². The van der Waals surface area contributed by atoms with Crippen LogP contribution in [0.3, 0.4) is 0 Å². The van der Waals surface area contributed by atoms with Gasteiger partial charge in [-0.3, -0.25) is 4.90 Å². The van der Waals surface area contributed by atoms with Gasteiger partial charge in [0.25, 0.3) is 0 Å². The number of rotatable bonds is 4. The molecular formula is C18H24N8O. The summed E-state index contributed by atoms with van der Waals surface area (Å²) in [6.45, 7) is 3.98. The third-order valence-corrected chi connectivity index (χ3v) is 5.73. The molecule has 0 atom stereocenters. The number of aryl methyl sites for hydroxylation is 1. The summed E-state index contributed by atoms with van der Waals surface area (Å²) in [5.41, 5.74) is 0.767. The highest BCUT2D eigenvalue weighted by molar-refractivity contribution is 5.38. The van der Waals surface area contributed by atoms with Crippen molar-refractivity contribution in [3.8, 4) is 5.88 Å². The van der Waals surface area contributed by atoms with E-state index in [0.717, 1.165) is 68.6 Å². The molecule has 3 aromatic rings. The topological polar surface area (TPSA) is 86.3 Å². The van der Waals surface area contributed by atoms with Crippen molar-refractivity contribution < 1.29 is 4.74 Å². The summed E-state index contributed by atoms with van der Waals surface area (Å²) in [5, 5.41) is 22.0. The fourth-order valence-corrected chi connectivity index (χ4v) is 4.19. The SMILES string of the molecule is COc1ccc2nnc(C3CCN(Cc4nnc5n4CCCC5)CC3)n2n1. The van der Waals surface area contributed by atoms with Gasteiger partial charge in [0.1, 0.15) is 11.6 Å². The summed E-state index contributed by atoms with van der Waals surface area (Å²) in [6, 6.07) is 3.71. The van der Waals surface area contributed by atoms with Gasteiger partial charge in [-0.05, 0) is 44.8 Å². The molecule has 1 saturated heterocycles. The summed E-state index contributed by atoms with van der Waals surface area (Å²) in [7, 11) is 1.62. The Morgan fingerprint density at radius 2 is 1.93 bits per heavy atom. The zero-order valence-electron chi connectivity index (χ0n) is 15.6. The number of methoxy groups -OCH3 is 1. The van der Waals surface area contributed by atoms with Crippen LogP contribution in [0.15, 0.2) is 12.1 Å². The van der Waals surface area contributed by atoms with E-state index in [1.165, 1.54) is 12.8 Å². The lowest BCUT2D eigenvalue weighted by atomic mass is 9.96. The Bertz CT molecular complexity index is 940. The fraction of sp³-hybridized carbons (Fsp3) is 0.611. The summed E-state index contributed by atoms with van der Waals surface area (Å²) in [5.74, 6) is 4.15. The molecule has 3 aromatic heterocycles. The van der Waals surface area contributed by atoms with Crippen molar-refractivity contribution in [2.45, 2.75) is 51.1 Å². The van der Waals surface area contributed by atoms with E-state index < -0.39 is 0 Å². The van der Waals surface area contributed by atoms with Crippen LogP contribution in [-0.2, 0) is 19.5 Å². The molecule has 2 aliphatic rings. The van der Waals surface area contributed by atoms with Gasteiger partial charge < -0.3 is 9.30 Å². The number of hydrogen-bond donors (Lipinski definition) is 0. The van der Waals surface area contributed by atoms with Crippen LogP contribution in [0.1, 0.15) is 49.1 Å². The molecule has 0 saturated carbocycles. The first-order chi connectivity index (χ1) is 13.3. The van der Waals surface area contributed by atoms with Gasteiger partial charge in [-0.1, -0.05) is 0 Å². The smallest absolute Gasteiger partial charge is 0.231 e. The van der Waals surface area contributed by atoms with Crippen LogP contribution in [0.4, 0.5) is 0 Å². The highest BCUT2D eigenvalue weighted by atomic mass is 16.5. The van der Waals surface area contributed by atoms with Crippen molar-refractivity contribution in [2.24, 2.45) is 0 Å². The van der Waals surface area contributed by atoms with Gasteiger partial charge in [0.15, 0.2) is 11.5 Å². The van der Waals surface area contributed by atoms with Crippen LogP contribution in [0.2, 0.25) is 0 Å². The second-order valence-electron chi connectivity index (χ2n) is 7.40. The van der Waals surface area contributed by atoms with Crippen molar-refractivity contribution in [1.29, 1.82) is 0 Å². The predicted octanol–water partition coefficient (Wildman–Crippen LogP) is 1.44. The molecule has 0 N–H and O–H groups in total. The van der Waals surface area contributed by atoms with Gasteiger partial charge in [0.2, 0.25) is 5.88 Å². The third kappa shape index (κ3) is 3.05. The number of aromatic nitrogens is 7.